The highest BCUT2D eigenvalue weighted by Gasteiger charge is 2.31. The largest absolute Gasteiger partial charge is 0.335 e. The molecule has 1 aromatic heterocycles. The summed E-state index contributed by atoms with van der Waals surface area (Å²) in [6.07, 6.45) is 4.69. The fraction of sp³-hybridized carbons (Fsp3) is 0.391. The van der Waals surface area contributed by atoms with Gasteiger partial charge in [-0.15, -0.1) is 0 Å². The number of anilines is 1. The third kappa shape index (κ3) is 5.27. The molecule has 4 rings (SSSR count). The Hall–Kier alpha value is -2.72. The summed E-state index contributed by atoms with van der Waals surface area (Å²) in [5.74, 6) is -0.704. The minimum atomic E-state index is -0.416. The second-order valence-corrected chi connectivity index (χ2v) is 10.7. The number of aryl methyl sites for hydroxylation is 1. The van der Waals surface area contributed by atoms with Gasteiger partial charge < -0.3 is 15.1 Å². The molecule has 1 saturated carbocycles. The molecule has 1 atom stereocenters. The minimum Gasteiger partial charge on any atom is -0.335 e. The molecular formula is C23H25FN4O3S2. The van der Waals surface area contributed by atoms with E-state index in [1.807, 2.05) is 6.92 Å². The molecule has 2 aliphatic rings. The number of carbonyl (C=O) groups is 3. The summed E-state index contributed by atoms with van der Waals surface area (Å²) in [7, 11) is 0. The highest BCUT2D eigenvalue weighted by atomic mass is 32.2. The summed E-state index contributed by atoms with van der Waals surface area (Å²) in [5, 5.41) is 3.28. The summed E-state index contributed by atoms with van der Waals surface area (Å²) in [6.45, 7) is 8.36. The predicted octanol–water partition coefficient (Wildman–Crippen LogP) is 3.95. The molecule has 10 heteroatoms. The molecule has 3 amide bonds. The van der Waals surface area contributed by atoms with E-state index in [1.165, 1.54) is 35.2 Å². The molecule has 2 heterocycles. The van der Waals surface area contributed by atoms with E-state index in [0.717, 1.165) is 12.8 Å². The van der Waals surface area contributed by atoms with E-state index in [-0.39, 0.29) is 29.7 Å². The Morgan fingerprint density at radius 2 is 2.06 bits per heavy atom. The summed E-state index contributed by atoms with van der Waals surface area (Å²) in [6, 6.07) is 2.81. The molecular weight excluding hydrogens is 463 g/mol. The first-order chi connectivity index (χ1) is 15.8. The summed E-state index contributed by atoms with van der Waals surface area (Å²) >= 11 is 2.45. The quantitative estimate of drug-likeness (QED) is 0.623. The molecule has 1 aliphatic heterocycles. The van der Waals surface area contributed by atoms with Crippen LogP contribution in [-0.4, -0.2) is 58.2 Å². The zero-order valence-electron chi connectivity index (χ0n) is 18.5. The van der Waals surface area contributed by atoms with Crippen LogP contribution in [0.4, 0.5) is 9.52 Å². The highest BCUT2D eigenvalue weighted by molar-refractivity contribution is 8.01. The van der Waals surface area contributed by atoms with Crippen molar-refractivity contribution < 1.29 is 18.8 Å². The van der Waals surface area contributed by atoms with Gasteiger partial charge in [-0.3, -0.25) is 14.4 Å². The van der Waals surface area contributed by atoms with Crippen LogP contribution in [0.25, 0.3) is 0 Å². The number of carbonyl (C=O) groups excluding carboxylic acids is 3. The Morgan fingerprint density at radius 3 is 2.73 bits per heavy atom. The summed E-state index contributed by atoms with van der Waals surface area (Å²) in [4.78, 5) is 45.0. The maximum absolute atomic E-state index is 14.7. The second-order valence-electron chi connectivity index (χ2n) is 8.28. The van der Waals surface area contributed by atoms with Crippen LogP contribution in [0.1, 0.15) is 35.7 Å². The Kier molecular flexibility index (Phi) is 6.85. The highest BCUT2D eigenvalue weighted by Crippen LogP contribution is 2.37. The number of nitrogens with one attached hydrogen (secondary N) is 1. The van der Waals surface area contributed by atoms with Gasteiger partial charge in [-0.1, -0.05) is 29.7 Å². The van der Waals surface area contributed by atoms with E-state index in [4.69, 9.17) is 0 Å². The van der Waals surface area contributed by atoms with E-state index in [1.54, 1.807) is 29.0 Å². The van der Waals surface area contributed by atoms with Crippen LogP contribution in [0.3, 0.4) is 0 Å². The average Bonchev–Trinajstić information content (AvgIpc) is 3.55. The molecule has 1 aliphatic carbocycles. The van der Waals surface area contributed by atoms with Crippen molar-refractivity contribution in [2.24, 2.45) is 5.92 Å². The van der Waals surface area contributed by atoms with E-state index in [0.29, 0.717) is 45.0 Å². The van der Waals surface area contributed by atoms with Crippen LogP contribution in [0.2, 0.25) is 0 Å². The summed E-state index contributed by atoms with van der Waals surface area (Å²) in [5.41, 5.74) is 0.988. The van der Waals surface area contributed by atoms with Gasteiger partial charge in [0, 0.05) is 42.1 Å². The van der Waals surface area contributed by atoms with Crippen LogP contribution in [0.15, 0.2) is 40.1 Å². The van der Waals surface area contributed by atoms with Crippen molar-refractivity contribution >= 4 is 46.0 Å². The topological polar surface area (TPSA) is 82.6 Å². The van der Waals surface area contributed by atoms with Crippen LogP contribution in [0.5, 0.6) is 0 Å². The monoisotopic (exact) mass is 488 g/mol. The first kappa shape index (κ1) is 23.4. The van der Waals surface area contributed by atoms with Gasteiger partial charge in [0.1, 0.15) is 5.82 Å². The number of benzene rings is 1. The Balaban J connectivity index is 1.47. The number of amides is 3. The molecule has 0 spiro atoms. The lowest BCUT2D eigenvalue weighted by Crippen LogP contribution is -2.55. The molecule has 33 heavy (non-hydrogen) atoms. The number of halogens is 1. The van der Waals surface area contributed by atoms with Gasteiger partial charge in [-0.2, -0.15) is 0 Å². The van der Waals surface area contributed by atoms with Crippen LogP contribution in [0, 0.1) is 18.7 Å². The lowest BCUT2D eigenvalue weighted by atomic mass is 10.1. The fourth-order valence-corrected chi connectivity index (χ4v) is 5.63. The van der Waals surface area contributed by atoms with Gasteiger partial charge in [0.05, 0.1) is 10.4 Å². The lowest BCUT2D eigenvalue weighted by Gasteiger charge is -2.39. The van der Waals surface area contributed by atoms with Crippen LogP contribution >= 0.6 is 23.1 Å². The second kappa shape index (κ2) is 9.64. The minimum absolute atomic E-state index is 0.0283. The van der Waals surface area contributed by atoms with Gasteiger partial charge in [0.2, 0.25) is 11.8 Å². The lowest BCUT2D eigenvalue weighted by molar-refractivity contribution is -0.129. The van der Waals surface area contributed by atoms with Crippen molar-refractivity contribution in [2.45, 2.75) is 41.8 Å². The van der Waals surface area contributed by atoms with Crippen molar-refractivity contribution in [3.05, 3.63) is 47.9 Å². The maximum atomic E-state index is 14.7. The maximum Gasteiger partial charge on any atom is 0.254 e. The number of hydrogen-bond acceptors (Lipinski definition) is 6. The van der Waals surface area contributed by atoms with Gasteiger partial charge >= 0.3 is 0 Å². The molecule has 0 bridgehead atoms. The zero-order chi connectivity index (χ0) is 23.7. The number of rotatable bonds is 6. The van der Waals surface area contributed by atoms with E-state index in [2.05, 4.69) is 16.9 Å². The smallest absolute Gasteiger partial charge is 0.254 e. The molecule has 2 fully saturated rings. The average molecular weight is 489 g/mol. The molecule has 7 nitrogen and oxygen atoms in total. The van der Waals surface area contributed by atoms with Gasteiger partial charge in [0.15, 0.2) is 5.13 Å². The number of piperazine rings is 1. The van der Waals surface area contributed by atoms with E-state index < -0.39 is 5.82 Å². The number of thiazole rings is 1. The number of nitrogens with zero attached hydrogens (tertiary/aromatic N) is 3. The van der Waals surface area contributed by atoms with Crippen LogP contribution in [-0.2, 0) is 9.59 Å². The third-order valence-electron chi connectivity index (χ3n) is 5.76. The molecule has 0 radical (unpaired) electrons. The zero-order valence-corrected chi connectivity index (χ0v) is 20.1. The Bertz CT molecular complexity index is 1120. The Morgan fingerprint density at radius 1 is 1.30 bits per heavy atom. The summed E-state index contributed by atoms with van der Waals surface area (Å²) < 4.78 is 15.4. The molecule has 174 valence electrons. The van der Waals surface area contributed by atoms with Crippen molar-refractivity contribution in [2.75, 3.05) is 25.0 Å². The molecule has 1 saturated heterocycles. The number of aromatic nitrogens is 1. The van der Waals surface area contributed by atoms with Crippen molar-refractivity contribution in [3.8, 4) is 0 Å². The van der Waals surface area contributed by atoms with Gasteiger partial charge in [-0.05, 0) is 50.5 Å². The number of hydrogen-bond donors (Lipinski definition) is 1. The molecule has 0 unspecified atom stereocenters. The van der Waals surface area contributed by atoms with Crippen molar-refractivity contribution in [1.82, 2.24) is 14.8 Å². The van der Waals surface area contributed by atoms with Crippen molar-refractivity contribution in [1.29, 1.82) is 0 Å². The Labute approximate surface area is 200 Å². The normalized spacial score (nSPS) is 18.2. The molecule has 1 aromatic carbocycles. The first-order valence-corrected chi connectivity index (χ1v) is 12.4. The van der Waals surface area contributed by atoms with Gasteiger partial charge in [-0.25, -0.2) is 9.37 Å². The van der Waals surface area contributed by atoms with Gasteiger partial charge in [0.25, 0.3) is 5.91 Å². The SMILES string of the molecule is C=CC(=O)N1CCN(C(=O)c2cc(Sc3cnc(NC(=O)C4CC4)s3)c(F)cc2C)C[C@H]1C. The van der Waals surface area contributed by atoms with E-state index in [9.17, 15) is 18.8 Å². The predicted molar refractivity (Wildman–Crippen MR) is 126 cm³/mol. The third-order valence-corrected chi connectivity index (χ3v) is 7.80. The van der Waals surface area contributed by atoms with Crippen LogP contribution < -0.4 is 5.32 Å². The standard InChI is InChI=1S/C23H25FN4O3S2/c1-4-19(29)28-8-7-27(12-14(28)3)22(31)16-10-18(17(24)9-13(16)2)32-20-11-25-23(33-20)26-21(30)15-5-6-15/h4,9-11,14-15H,1,5-8,12H2,2-3H3,(H,25,26,30)/t14-/m1/s1. The van der Waals surface area contributed by atoms with E-state index >= 15 is 0 Å². The molecule has 2 aromatic rings. The first-order valence-electron chi connectivity index (χ1n) is 10.7. The molecule has 1 N–H and O–H groups in total. The fourth-order valence-electron chi connectivity index (χ4n) is 3.74. The van der Waals surface area contributed by atoms with Crippen molar-refractivity contribution in [3.63, 3.8) is 0 Å².